The second-order valence-corrected chi connectivity index (χ2v) is 8.90. The summed E-state index contributed by atoms with van der Waals surface area (Å²) in [5.74, 6) is 0.867. The molecule has 0 unspecified atom stereocenters. The summed E-state index contributed by atoms with van der Waals surface area (Å²) >= 11 is 0. The Balaban J connectivity index is 1.24. The van der Waals surface area contributed by atoms with Crippen molar-refractivity contribution in [2.75, 3.05) is 46.3 Å². The van der Waals surface area contributed by atoms with Crippen LogP contribution < -0.4 is 16.4 Å². The first-order chi connectivity index (χ1) is 15.1. The SMILES string of the molecule is CN=C(NCCCCN1CCC(C(N)=O)CC1)NC1CCN(Cc2ccccc2)CC1. The molecule has 0 atom stereocenters. The zero-order valence-corrected chi connectivity index (χ0v) is 19.1. The first kappa shape index (κ1) is 23.5. The molecule has 0 bridgehead atoms. The Kier molecular flexibility index (Phi) is 9.62. The van der Waals surface area contributed by atoms with Gasteiger partial charge in [0.05, 0.1) is 0 Å². The third kappa shape index (κ3) is 8.15. The van der Waals surface area contributed by atoms with Crippen molar-refractivity contribution in [2.24, 2.45) is 16.6 Å². The van der Waals surface area contributed by atoms with Crippen molar-refractivity contribution in [3.63, 3.8) is 0 Å². The maximum absolute atomic E-state index is 11.3. The topological polar surface area (TPSA) is 86.0 Å². The highest BCUT2D eigenvalue weighted by Gasteiger charge is 2.22. The minimum atomic E-state index is -0.135. The average molecular weight is 429 g/mol. The molecule has 4 N–H and O–H groups in total. The molecule has 31 heavy (non-hydrogen) atoms. The smallest absolute Gasteiger partial charge is 0.220 e. The van der Waals surface area contributed by atoms with Crippen molar-refractivity contribution >= 4 is 11.9 Å². The molecule has 0 spiro atoms. The summed E-state index contributed by atoms with van der Waals surface area (Å²) in [6.45, 7) is 7.30. The molecule has 172 valence electrons. The molecule has 1 aromatic rings. The first-order valence-corrected chi connectivity index (χ1v) is 11.9. The lowest BCUT2D eigenvalue weighted by Crippen LogP contribution is -2.48. The van der Waals surface area contributed by atoms with Crippen molar-refractivity contribution in [1.29, 1.82) is 0 Å². The summed E-state index contributed by atoms with van der Waals surface area (Å²) in [4.78, 5) is 20.7. The zero-order valence-electron chi connectivity index (χ0n) is 19.1. The standard InChI is InChI=1S/C24H40N6O/c1-26-24(27-13-5-6-14-29-15-9-21(10-16-29)23(25)31)28-22-11-17-30(18-12-22)19-20-7-3-2-4-8-20/h2-4,7-8,21-22H,5-6,9-19H2,1H3,(H2,25,31)(H2,26,27,28). The quantitative estimate of drug-likeness (QED) is 0.317. The summed E-state index contributed by atoms with van der Waals surface area (Å²) in [6.07, 6.45) is 6.39. The van der Waals surface area contributed by atoms with E-state index in [9.17, 15) is 4.79 Å². The normalized spacial score (nSPS) is 20.0. The molecule has 0 radical (unpaired) electrons. The van der Waals surface area contributed by atoms with E-state index in [1.54, 1.807) is 0 Å². The van der Waals surface area contributed by atoms with Crippen LogP contribution in [0.3, 0.4) is 0 Å². The molecule has 2 saturated heterocycles. The fourth-order valence-electron chi connectivity index (χ4n) is 4.57. The Labute approximate surface area is 187 Å². The third-order valence-electron chi connectivity index (χ3n) is 6.58. The molecule has 2 aliphatic heterocycles. The van der Waals surface area contributed by atoms with Gasteiger partial charge in [-0.2, -0.15) is 0 Å². The molecule has 7 heteroatoms. The number of likely N-dealkylation sites (tertiary alicyclic amines) is 2. The van der Waals surface area contributed by atoms with Crippen LogP contribution in [0.25, 0.3) is 0 Å². The van der Waals surface area contributed by atoms with Gasteiger partial charge in [-0.1, -0.05) is 30.3 Å². The van der Waals surface area contributed by atoms with E-state index in [-0.39, 0.29) is 11.8 Å². The molecular formula is C24H40N6O. The summed E-state index contributed by atoms with van der Waals surface area (Å²) in [6, 6.07) is 11.2. The highest BCUT2D eigenvalue weighted by atomic mass is 16.1. The number of amides is 1. The average Bonchev–Trinajstić information content (AvgIpc) is 2.80. The number of benzene rings is 1. The van der Waals surface area contributed by atoms with Gasteiger partial charge in [0.1, 0.15) is 0 Å². The largest absolute Gasteiger partial charge is 0.369 e. The van der Waals surface area contributed by atoms with E-state index in [2.05, 4.69) is 55.8 Å². The van der Waals surface area contributed by atoms with E-state index in [4.69, 9.17) is 5.73 Å². The molecule has 1 amide bonds. The molecule has 7 nitrogen and oxygen atoms in total. The number of primary amides is 1. The van der Waals surface area contributed by atoms with Gasteiger partial charge in [0.15, 0.2) is 5.96 Å². The predicted molar refractivity (Wildman–Crippen MR) is 127 cm³/mol. The number of guanidine groups is 1. The van der Waals surface area contributed by atoms with Crippen LogP contribution in [0.2, 0.25) is 0 Å². The third-order valence-corrected chi connectivity index (χ3v) is 6.58. The van der Waals surface area contributed by atoms with E-state index < -0.39 is 0 Å². The lowest BCUT2D eigenvalue weighted by atomic mass is 9.96. The number of aliphatic imine (C=N–C) groups is 1. The van der Waals surface area contributed by atoms with Crippen molar-refractivity contribution in [1.82, 2.24) is 20.4 Å². The van der Waals surface area contributed by atoms with Crippen LogP contribution in [-0.2, 0) is 11.3 Å². The van der Waals surface area contributed by atoms with Gasteiger partial charge in [-0.3, -0.25) is 14.7 Å². The molecule has 3 rings (SSSR count). The van der Waals surface area contributed by atoms with Gasteiger partial charge in [0.2, 0.25) is 5.91 Å². The van der Waals surface area contributed by atoms with Gasteiger partial charge < -0.3 is 21.3 Å². The van der Waals surface area contributed by atoms with E-state index >= 15 is 0 Å². The molecule has 0 saturated carbocycles. The van der Waals surface area contributed by atoms with Crippen LogP contribution in [-0.4, -0.2) is 74.0 Å². The van der Waals surface area contributed by atoms with Gasteiger partial charge >= 0.3 is 0 Å². The fourth-order valence-corrected chi connectivity index (χ4v) is 4.57. The van der Waals surface area contributed by atoms with Gasteiger partial charge in [0, 0.05) is 45.2 Å². The number of carbonyl (C=O) groups is 1. The number of rotatable bonds is 9. The molecular weight excluding hydrogens is 388 g/mol. The second-order valence-electron chi connectivity index (χ2n) is 8.90. The maximum atomic E-state index is 11.3. The molecule has 0 aromatic heterocycles. The Morgan fingerprint density at radius 1 is 1.03 bits per heavy atom. The van der Waals surface area contributed by atoms with E-state index in [0.717, 1.165) is 90.3 Å². The minimum absolute atomic E-state index is 0.0810. The van der Waals surface area contributed by atoms with E-state index in [1.165, 1.54) is 5.56 Å². The number of unbranched alkanes of at least 4 members (excludes halogenated alkanes) is 1. The highest BCUT2D eigenvalue weighted by molar-refractivity contribution is 5.79. The number of nitrogens with one attached hydrogen (secondary N) is 2. The monoisotopic (exact) mass is 428 g/mol. The van der Waals surface area contributed by atoms with Crippen molar-refractivity contribution < 1.29 is 4.79 Å². The molecule has 0 aliphatic carbocycles. The molecule has 2 fully saturated rings. The van der Waals surface area contributed by atoms with Crippen molar-refractivity contribution in [2.45, 2.75) is 51.1 Å². The number of nitrogens with zero attached hydrogens (tertiary/aromatic N) is 3. The lowest BCUT2D eigenvalue weighted by Gasteiger charge is -2.33. The Bertz CT molecular complexity index is 679. The number of nitrogens with two attached hydrogens (primary N) is 1. The summed E-state index contributed by atoms with van der Waals surface area (Å²) in [5.41, 5.74) is 6.81. The van der Waals surface area contributed by atoms with Crippen LogP contribution in [0.1, 0.15) is 44.1 Å². The van der Waals surface area contributed by atoms with Gasteiger partial charge in [-0.25, -0.2) is 0 Å². The van der Waals surface area contributed by atoms with Gasteiger partial charge in [-0.05, 0) is 63.7 Å². The Hall–Kier alpha value is -2.12. The predicted octanol–water partition coefficient (Wildman–Crippen LogP) is 1.79. The van der Waals surface area contributed by atoms with Gasteiger partial charge in [0.25, 0.3) is 0 Å². The van der Waals surface area contributed by atoms with E-state index in [1.807, 2.05) is 7.05 Å². The van der Waals surface area contributed by atoms with Crippen molar-refractivity contribution in [3.05, 3.63) is 35.9 Å². The lowest BCUT2D eigenvalue weighted by molar-refractivity contribution is -0.123. The first-order valence-electron chi connectivity index (χ1n) is 11.9. The van der Waals surface area contributed by atoms with Crippen molar-refractivity contribution in [3.8, 4) is 0 Å². The summed E-state index contributed by atoms with van der Waals surface area (Å²) < 4.78 is 0. The zero-order chi connectivity index (χ0) is 21.9. The minimum Gasteiger partial charge on any atom is -0.369 e. The van der Waals surface area contributed by atoms with Gasteiger partial charge in [-0.15, -0.1) is 0 Å². The Morgan fingerprint density at radius 2 is 1.71 bits per heavy atom. The number of hydrogen-bond donors (Lipinski definition) is 3. The summed E-state index contributed by atoms with van der Waals surface area (Å²) in [7, 11) is 1.85. The Morgan fingerprint density at radius 3 is 2.35 bits per heavy atom. The number of hydrogen-bond acceptors (Lipinski definition) is 4. The van der Waals surface area contributed by atoms with Crippen LogP contribution in [0.5, 0.6) is 0 Å². The summed E-state index contributed by atoms with van der Waals surface area (Å²) in [5, 5.41) is 7.08. The number of piperidine rings is 2. The molecule has 2 aliphatic rings. The number of carbonyl (C=O) groups excluding carboxylic acids is 1. The van der Waals surface area contributed by atoms with Crippen LogP contribution >= 0.6 is 0 Å². The van der Waals surface area contributed by atoms with Crippen LogP contribution in [0.15, 0.2) is 35.3 Å². The van der Waals surface area contributed by atoms with E-state index in [0.29, 0.717) is 6.04 Å². The fraction of sp³-hybridized carbons (Fsp3) is 0.667. The molecule has 2 heterocycles. The van der Waals surface area contributed by atoms with Crippen LogP contribution in [0, 0.1) is 5.92 Å². The van der Waals surface area contributed by atoms with Crippen LogP contribution in [0.4, 0.5) is 0 Å². The maximum Gasteiger partial charge on any atom is 0.220 e. The molecule has 1 aromatic carbocycles. The highest BCUT2D eigenvalue weighted by Crippen LogP contribution is 2.17. The second kappa shape index (κ2) is 12.7.